The highest BCUT2D eigenvalue weighted by Gasteiger charge is 2.37. The summed E-state index contributed by atoms with van der Waals surface area (Å²) < 4.78 is 54.1. The Balaban J connectivity index is 4.89. The minimum atomic E-state index is -5.34. The molecule has 17 heavy (non-hydrogen) atoms. The number of nitrogens with one attached hydrogen (secondary N) is 1. The van der Waals surface area contributed by atoms with E-state index in [2.05, 4.69) is 22.2 Å². The Bertz CT molecular complexity index is 431. The normalized spacial score (nSPS) is 11.8. The van der Waals surface area contributed by atoms with Crippen molar-refractivity contribution < 1.29 is 30.7 Å². The van der Waals surface area contributed by atoms with Crippen molar-refractivity contribution in [1.29, 1.82) is 0 Å². The summed E-state index contributed by atoms with van der Waals surface area (Å²) in [4.78, 5) is 11.2. The summed E-state index contributed by atoms with van der Waals surface area (Å²) >= 11 is 0. The van der Waals surface area contributed by atoms with E-state index in [0.29, 0.717) is 0 Å². The Morgan fingerprint density at radius 3 is 2.00 bits per heavy atom. The van der Waals surface area contributed by atoms with Gasteiger partial charge in [0.15, 0.2) is 0 Å². The second-order valence-corrected chi connectivity index (χ2v) is 5.51. The van der Waals surface area contributed by atoms with Gasteiger partial charge in [-0.15, -0.1) is 13.2 Å². The van der Waals surface area contributed by atoms with E-state index in [4.69, 9.17) is 0 Å². The predicted octanol–water partition coefficient (Wildman–Crippen LogP) is 1.51. The molecule has 98 valence electrons. The maximum atomic E-state index is 12.2. The predicted molar refractivity (Wildman–Crippen MR) is 58.5 cm³/mol. The third-order valence-corrected chi connectivity index (χ3v) is 3.35. The van der Waals surface area contributed by atoms with Crippen LogP contribution in [0.3, 0.4) is 0 Å². The lowest BCUT2D eigenvalue weighted by atomic mass is 10.7. The first-order valence-electron chi connectivity index (χ1n) is 4.13. The molecule has 1 amide bonds. The van der Waals surface area contributed by atoms with E-state index >= 15 is 0 Å². The van der Waals surface area contributed by atoms with E-state index in [-0.39, 0.29) is 13.2 Å². The molecule has 0 fully saturated rings. The summed E-state index contributed by atoms with van der Waals surface area (Å²) in [5, 5.41) is 0. The lowest BCUT2D eigenvalue weighted by Crippen LogP contribution is -2.27. The fourth-order valence-corrected chi connectivity index (χ4v) is 2.51. The molecule has 1 N–H and O–H groups in total. The van der Waals surface area contributed by atoms with E-state index in [0.717, 1.165) is 16.9 Å². The van der Waals surface area contributed by atoms with Gasteiger partial charge in [-0.05, 0) is 0 Å². The molecule has 0 aromatic rings. The number of rotatable bonds is 8. The van der Waals surface area contributed by atoms with Gasteiger partial charge in [-0.25, -0.2) is 9.29 Å². The van der Waals surface area contributed by atoms with Gasteiger partial charge in [0.05, 0.1) is 13.2 Å². The van der Waals surface area contributed by atoms with Crippen LogP contribution in [0.15, 0.2) is 25.3 Å². The van der Waals surface area contributed by atoms with Crippen molar-refractivity contribution in [2.45, 2.75) is 0 Å². The fourth-order valence-electron chi connectivity index (χ4n) is 0.616. The van der Waals surface area contributed by atoms with E-state index in [1.54, 1.807) is 0 Å². The Kier molecular flexibility index (Phi) is 6.25. The van der Waals surface area contributed by atoms with Gasteiger partial charge in [0.25, 0.3) is 0 Å². The van der Waals surface area contributed by atoms with Crippen molar-refractivity contribution in [1.82, 2.24) is 4.72 Å². The van der Waals surface area contributed by atoms with Crippen LogP contribution in [-0.2, 0) is 24.0 Å². The van der Waals surface area contributed by atoms with E-state index < -0.39 is 23.7 Å². The van der Waals surface area contributed by atoms with Crippen molar-refractivity contribution in [3.8, 4) is 0 Å². The number of hydrogen-bond acceptors (Lipinski definition) is 6. The highest BCUT2D eigenvalue weighted by molar-refractivity contribution is 7.87. The second kappa shape index (κ2) is 6.65. The minimum absolute atomic E-state index is 0.339. The third kappa shape index (κ3) is 6.32. The van der Waals surface area contributed by atoms with Crippen molar-refractivity contribution in [2.24, 2.45) is 0 Å². The monoisotopic (exact) mass is 287 g/mol. The number of hydrogen-bond donors (Lipinski definition) is 1. The van der Waals surface area contributed by atoms with Crippen molar-refractivity contribution in [2.75, 3.05) is 13.2 Å². The molecular weight excluding hydrogens is 276 g/mol. The van der Waals surface area contributed by atoms with Gasteiger partial charge in [0.1, 0.15) is 0 Å². The first-order valence-corrected chi connectivity index (χ1v) is 7.05. The van der Waals surface area contributed by atoms with Crippen LogP contribution in [-0.4, -0.2) is 27.3 Å². The molecule has 0 heterocycles. The molecule has 0 aromatic heterocycles. The summed E-state index contributed by atoms with van der Waals surface area (Å²) in [5.74, 6) is 0. The quantitative estimate of drug-likeness (QED) is 0.412. The Labute approximate surface area is 98.2 Å². The largest absolute Gasteiger partial charge is 0.419 e. The Hall–Kier alpha value is -1.02. The van der Waals surface area contributed by atoms with Crippen molar-refractivity contribution in [3.05, 3.63) is 25.3 Å². The third-order valence-electron chi connectivity index (χ3n) is 1.18. The van der Waals surface area contributed by atoms with Crippen LogP contribution in [0.1, 0.15) is 0 Å². The smallest absolute Gasteiger partial charge is 0.298 e. The molecular formula is C7H11FNO6PS. The zero-order chi connectivity index (χ0) is 13.5. The molecule has 0 unspecified atom stereocenters. The Morgan fingerprint density at radius 2 is 1.71 bits per heavy atom. The molecule has 0 bridgehead atoms. The molecule has 0 saturated carbocycles. The van der Waals surface area contributed by atoms with Gasteiger partial charge >= 0.3 is 23.7 Å². The first-order chi connectivity index (χ1) is 7.75. The van der Waals surface area contributed by atoms with Gasteiger partial charge in [-0.3, -0.25) is 13.8 Å². The lowest BCUT2D eigenvalue weighted by molar-refractivity contribution is 0.220. The van der Waals surface area contributed by atoms with Crippen LogP contribution < -0.4 is 4.72 Å². The average molecular weight is 287 g/mol. The molecule has 10 heteroatoms. The molecule has 0 atom stereocenters. The van der Waals surface area contributed by atoms with Gasteiger partial charge in [0.2, 0.25) is 0 Å². The highest BCUT2D eigenvalue weighted by atomic mass is 32.3. The molecule has 0 aliphatic carbocycles. The van der Waals surface area contributed by atoms with Crippen molar-refractivity contribution in [3.63, 3.8) is 0 Å². The van der Waals surface area contributed by atoms with Gasteiger partial charge in [-0.1, -0.05) is 16.0 Å². The maximum absolute atomic E-state index is 12.2. The Morgan fingerprint density at radius 1 is 1.29 bits per heavy atom. The van der Waals surface area contributed by atoms with Crippen LogP contribution in [0.4, 0.5) is 8.68 Å². The maximum Gasteiger partial charge on any atom is 0.419 e. The molecule has 0 aliphatic rings. The van der Waals surface area contributed by atoms with Crippen LogP contribution in [0, 0.1) is 0 Å². The summed E-state index contributed by atoms with van der Waals surface area (Å²) in [5.41, 5.74) is -1.72. The van der Waals surface area contributed by atoms with E-state index in [1.165, 1.54) is 0 Å². The fraction of sp³-hybridized carbons (Fsp3) is 0.286. The number of carbonyl (C=O) groups is 1. The van der Waals surface area contributed by atoms with Crippen LogP contribution in [0.25, 0.3) is 0 Å². The second-order valence-electron chi connectivity index (χ2n) is 2.51. The zero-order valence-electron chi connectivity index (χ0n) is 8.67. The first kappa shape index (κ1) is 16.0. The topological polar surface area (TPSA) is 98.8 Å². The highest BCUT2D eigenvalue weighted by Crippen LogP contribution is 2.48. The SMILES string of the molecule is C=CCOP(=O)(OCC=C)C(=O)NS(=O)(=O)F. The van der Waals surface area contributed by atoms with Crippen LogP contribution in [0.2, 0.25) is 0 Å². The molecule has 0 saturated heterocycles. The summed E-state index contributed by atoms with van der Waals surface area (Å²) in [6.07, 6.45) is 2.31. The molecule has 0 radical (unpaired) electrons. The molecule has 0 spiro atoms. The van der Waals surface area contributed by atoms with Gasteiger partial charge < -0.3 is 0 Å². The van der Waals surface area contributed by atoms with Crippen molar-refractivity contribution >= 4 is 23.7 Å². The molecule has 0 rings (SSSR count). The molecule has 7 nitrogen and oxygen atoms in total. The van der Waals surface area contributed by atoms with Gasteiger partial charge in [-0.2, -0.15) is 8.42 Å². The summed E-state index contributed by atoms with van der Waals surface area (Å²) in [7, 11) is -9.79. The zero-order valence-corrected chi connectivity index (χ0v) is 10.4. The van der Waals surface area contributed by atoms with E-state index in [1.807, 2.05) is 0 Å². The van der Waals surface area contributed by atoms with Crippen LogP contribution >= 0.6 is 7.60 Å². The van der Waals surface area contributed by atoms with Crippen LogP contribution in [0.5, 0.6) is 0 Å². The summed E-state index contributed by atoms with van der Waals surface area (Å²) in [6.45, 7) is 5.79. The van der Waals surface area contributed by atoms with Gasteiger partial charge in [0, 0.05) is 0 Å². The average Bonchev–Trinajstić information content (AvgIpc) is 2.21. The standard InChI is InChI=1S/C7H11FNO6PS/c1-3-5-14-16(11,15-6-4-2)7(10)9-17(8,12)13/h3-4H,1-2,5-6H2,(H,9,10). The summed E-state index contributed by atoms with van der Waals surface area (Å²) in [6, 6.07) is 0. The molecule has 0 aliphatic heterocycles. The molecule has 0 aromatic carbocycles. The lowest BCUT2D eigenvalue weighted by Gasteiger charge is -2.14. The number of halogens is 1. The number of carbonyl (C=O) groups excluding carboxylic acids is 1. The minimum Gasteiger partial charge on any atom is -0.298 e. The number of amides is 1. The van der Waals surface area contributed by atoms with E-state index in [9.17, 15) is 21.7 Å².